The van der Waals surface area contributed by atoms with Crippen molar-refractivity contribution in [2.24, 2.45) is 0 Å². The van der Waals surface area contributed by atoms with Gasteiger partial charge in [0.1, 0.15) is 23.3 Å². The van der Waals surface area contributed by atoms with Crippen molar-refractivity contribution in [2.45, 2.75) is 25.9 Å². The summed E-state index contributed by atoms with van der Waals surface area (Å²) in [5.41, 5.74) is 1.93. The van der Waals surface area contributed by atoms with Gasteiger partial charge in [-0.05, 0) is 60.9 Å². The molecule has 0 spiro atoms. The molecule has 190 valence electrons. The summed E-state index contributed by atoms with van der Waals surface area (Å²) >= 11 is 6.15. The van der Waals surface area contributed by atoms with Crippen molar-refractivity contribution in [3.63, 3.8) is 0 Å². The Hall–Kier alpha value is -3.71. The molecule has 3 rings (SSSR count). The fourth-order valence-electron chi connectivity index (χ4n) is 3.56. The molecule has 0 saturated heterocycles. The van der Waals surface area contributed by atoms with E-state index >= 15 is 0 Å². The van der Waals surface area contributed by atoms with Crippen LogP contribution in [0.15, 0.2) is 72.8 Å². The molecule has 3 aromatic rings. The van der Waals surface area contributed by atoms with Crippen LogP contribution >= 0.6 is 11.6 Å². The second-order valence-corrected chi connectivity index (χ2v) is 8.56. The predicted octanol–water partition coefficient (Wildman–Crippen LogP) is 4.51. The summed E-state index contributed by atoms with van der Waals surface area (Å²) in [6.45, 7) is 2.14. The molecule has 0 aliphatic carbocycles. The van der Waals surface area contributed by atoms with Crippen molar-refractivity contribution in [3.05, 3.63) is 88.9 Å². The summed E-state index contributed by atoms with van der Waals surface area (Å²) in [7, 11) is 3.21. The SMILES string of the molecule is COc1ccc(CCNC(=O)[C@@H](C)N(Cc2ccc(OC)cc2)C(=O)COc2ccccc2Cl)cc1. The number of amides is 2. The third kappa shape index (κ3) is 7.65. The lowest BCUT2D eigenvalue weighted by molar-refractivity contribution is -0.142. The summed E-state index contributed by atoms with van der Waals surface area (Å²) in [6, 6.07) is 21.3. The first-order valence-electron chi connectivity index (χ1n) is 11.6. The summed E-state index contributed by atoms with van der Waals surface area (Å²) in [6.07, 6.45) is 0.657. The van der Waals surface area contributed by atoms with Gasteiger partial charge in [0.25, 0.3) is 5.91 Å². The van der Waals surface area contributed by atoms with E-state index in [0.717, 1.165) is 16.9 Å². The van der Waals surface area contributed by atoms with Gasteiger partial charge in [-0.15, -0.1) is 0 Å². The van der Waals surface area contributed by atoms with Crippen LogP contribution in [-0.2, 0) is 22.6 Å². The average Bonchev–Trinajstić information content (AvgIpc) is 2.91. The maximum atomic E-state index is 13.2. The van der Waals surface area contributed by atoms with E-state index in [4.69, 9.17) is 25.8 Å². The Morgan fingerprint density at radius 3 is 2.06 bits per heavy atom. The molecular formula is C28H31ClN2O5. The van der Waals surface area contributed by atoms with Crippen LogP contribution in [0.25, 0.3) is 0 Å². The summed E-state index contributed by atoms with van der Waals surface area (Å²) < 4.78 is 16.0. The molecule has 1 N–H and O–H groups in total. The number of hydrogen-bond donors (Lipinski definition) is 1. The maximum Gasteiger partial charge on any atom is 0.261 e. The first-order chi connectivity index (χ1) is 17.4. The van der Waals surface area contributed by atoms with Crippen molar-refractivity contribution in [1.82, 2.24) is 10.2 Å². The van der Waals surface area contributed by atoms with Gasteiger partial charge in [0.2, 0.25) is 5.91 Å². The largest absolute Gasteiger partial charge is 0.497 e. The van der Waals surface area contributed by atoms with E-state index in [0.29, 0.717) is 29.5 Å². The van der Waals surface area contributed by atoms with Crippen molar-refractivity contribution in [2.75, 3.05) is 27.4 Å². The zero-order valence-corrected chi connectivity index (χ0v) is 21.5. The molecule has 0 aromatic heterocycles. The minimum Gasteiger partial charge on any atom is -0.497 e. The molecule has 0 saturated carbocycles. The molecular weight excluding hydrogens is 480 g/mol. The highest BCUT2D eigenvalue weighted by atomic mass is 35.5. The third-order valence-corrected chi connectivity index (χ3v) is 6.05. The van der Waals surface area contributed by atoms with E-state index in [2.05, 4.69) is 5.32 Å². The highest BCUT2D eigenvalue weighted by Crippen LogP contribution is 2.23. The summed E-state index contributed by atoms with van der Waals surface area (Å²) in [5.74, 6) is 1.33. The highest BCUT2D eigenvalue weighted by Gasteiger charge is 2.26. The van der Waals surface area contributed by atoms with Crippen molar-refractivity contribution in [3.8, 4) is 17.2 Å². The van der Waals surface area contributed by atoms with E-state index in [-0.39, 0.29) is 25.0 Å². The molecule has 36 heavy (non-hydrogen) atoms. The molecule has 0 fully saturated rings. The summed E-state index contributed by atoms with van der Waals surface area (Å²) in [5, 5.41) is 3.35. The number of methoxy groups -OCH3 is 2. The molecule has 2 amide bonds. The van der Waals surface area contributed by atoms with Gasteiger partial charge in [-0.3, -0.25) is 9.59 Å². The second-order valence-electron chi connectivity index (χ2n) is 8.15. The van der Waals surface area contributed by atoms with Gasteiger partial charge in [0.15, 0.2) is 6.61 Å². The lowest BCUT2D eigenvalue weighted by Crippen LogP contribution is -2.49. The molecule has 8 heteroatoms. The number of carbonyl (C=O) groups is 2. The van der Waals surface area contributed by atoms with Crippen LogP contribution in [0.4, 0.5) is 0 Å². The Balaban J connectivity index is 1.65. The molecule has 0 bridgehead atoms. The van der Waals surface area contributed by atoms with Crippen LogP contribution in [0.3, 0.4) is 0 Å². The normalized spacial score (nSPS) is 11.3. The van der Waals surface area contributed by atoms with E-state index in [1.807, 2.05) is 48.5 Å². The van der Waals surface area contributed by atoms with Gasteiger partial charge in [-0.25, -0.2) is 0 Å². The number of nitrogens with zero attached hydrogens (tertiary/aromatic N) is 1. The maximum absolute atomic E-state index is 13.2. The molecule has 0 aliphatic rings. The molecule has 3 aromatic carbocycles. The van der Waals surface area contributed by atoms with Gasteiger partial charge in [-0.1, -0.05) is 48.0 Å². The van der Waals surface area contributed by atoms with Gasteiger partial charge >= 0.3 is 0 Å². The number of rotatable bonds is 12. The predicted molar refractivity (Wildman–Crippen MR) is 140 cm³/mol. The quantitative estimate of drug-likeness (QED) is 0.388. The number of para-hydroxylation sites is 1. The third-order valence-electron chi connectivity index (χ3n) is 5.74. The summed E-state index contributed by atoms with van der Waals surface area (Å²) in [4.78, 5) is 27.7. The minimum atomic E-state index is -0.717. The zero-order valence-electron chi connectivity index (χ0n) is 20.7. The van der Waals surface area contributed by atoms with Crippen molar-refractivity contribution < 1.29 is 23.8 Å². The topological polar surface area (TPSA) is 77.1 Å². The lowest BCUT2D eigenvalue weighted by Gasteiger charge is -2.29. The highest BCUT2D eigenvalue weighted by molar-refractivity contribution is 6.32. The molecule has 7 nitrogen and oxygen atoms in total. The van der Waals surface area contributed by atoms with Crippen LogP contribution in [0.1, 0.15) is 18.1 Å². The van der Waals surface area contributed by atoms with Gasteiger partial charge < -0.3 is 24.4 Å². The number of nitrogens with one attached hydrogen (secondary N) is 1. The number of hydrogen-bond acceptors (Lipinski definition) is 5. The smallest absolute Gasteiger partial charge is 0.261 e. The Kier molecular flexibility index (Phi) is 10.0. The van der Waals surface area contributed by atoms with E-state index in [9.17, 15) is 9.59 Å². The Morgan fingerprint density at radius 1 is 0.889 bits per heavy atom. The molecule has 1 atom stereocenters. The zero-order chi connectivity index (χ0) is 25.9. The van der Waals surface area contributed by atoms with Crippen molar-refractivity contribution in [1.29, 1.82) is 0 Å². The molecule has 0 radical (unpaired) electrons. The van der Waals surface area contributed by atoms with Crippen LogP contribution in [0.5, 0.6) is 17.2 Å². The second kappa shape index (κ2) is 13.4. The monoisotopic (exact) mass is 510 g/mol. The van der Waals surface area contributed by atoms with Crippen LogP contribution in [0.2, 0.25) is 5.02 Å². The van der Waals surface area contributed by atoms with E-state index in [1.165, 1.54) is 4.90 Å². The fraction of sp³-hybridized carbons (Fsp3) is 0.286. The first kappa shape index (κ1) is 26.9. The lowest BCUT2D eigenvalue weighted by atomic mass is 10.1. The minimum absolute atomic E-state index is 0.238. The Bertz CT molecular complexity index is 1140. The Morgan fingerprint density at radius 2 is 1.47 bits per heavy atom. The van der Waals surface area contributed by atoms with Gasteiger partial charge in [-0.2, -0.15) is 0 Å². The van der Waals surface area contributed by atoms with Gasteiger partial charge in [0, 0.05) is 13.1 Å². The average molecular weight is 511 g/mol. The number of halogens is 1. The fourth-order valence-corrected chi connectivity index (χ4v) is 3.75. The molecule has 0 unspecified atom stereocenters. The number of ether oxygens (including phenoxy) is 3. The van der Waals surface area contributed by atoms with Gasteiger partial charge in [0.05, 0.1) is 19.2 Å². The molecule has 0 aliphatic heterocycles. The number of carbonyl (C=O) groups excluding carboxylic acids is 2. The van der Waals surface area contributed by atoms with Crippen LogP contribution in [0, 0.1) is 0 Å². The number of benzene rings is 3. The Labute approximate surface area is 216 Å². The van der Waals surface area contributed by atoms with Crippen LogP contribution in [-0.4, -0.2) is 50.1 Å². The standard InChI is InChI=1S/C28H31ClN2O5/c1-20(28(33)30-17-16-21-8-12-23(34-2)13-9-21)31(18-22-10-14-24(35-3)15-11-22)27(32)19-36-26-7-5-4-6-25(26)29/h4-15,20H,16-19H2,1-3H3,(H,30,33)/t20-/m1/s1. The van der Waals surface area contributed by atoms with Crippen LogP contribution < -0.4 is 19.5 Å². The van der Waals surface area contributed by atoms with E-state index < -0.39 is 6.04 Å². The molecule has 0 heterocycles. The first-order valence-corrected chi connectivity index (χ1v) is 12.0. The van der Waals surface area contributed by atoms with E-state index in [1.54, 1.807) is 45.4 Å². The van der Waals surface area contributed by atoms with Crippen molar-refractivity contribution >= 4 is 23.4 Å².